The molecule has 0 bridgehead atoms. The van der Waals surface area contributed by atoms with Gasteiger partial charge in [-0.25, -0.2) is 8.78 Å². The van der Waals surface area contributed by atoms with E-state index >= 15 is 0 Å². The van der Waals surface area contributed by atoms with E-state index in [-0.39, 0.29) is 38.4 Å². The lowest BCUT2D eigenvalue weighted by Crippen LogP contribution is -2.52. The number of nitrogens with zero attached hydrogens (tertiary/aromatic N) is 1. The second kappa shape index (κ2) is 6.00. The van der Waals surface area contributed by atoms with Crippen molar-refractivity contribution in [1.82, 2.24) is 4.90 Å². The predicted octanol–water partition coefficient (Wildman–Crippen LogP) is 4.50. The van der Waals surface area contributed by atoms with Gasteiger partial charge in [0.05, 0.1) is 6.42 Å². The van der Waals surface area contributed by atoms with Crippen molar-refractivity contribution in [3.63, 3.8) is 0 Å². The second-order valence-electron chi connectivity index (χ2n) is 5.84. The second-order valence-corrected chi connectivity index (χ2v) is 5.84. The Morgan fingerprint density at radius 2 is 1.65 bits per heavy atom. The average Bonchev–Trinajstić information content (AvgIpc) is 2.35. The van der Waals surface area contributed by atoms with Crippen molar-refractivity contribution < 1.29 is 22.0 Å². The highest BCUT2D eigenvalue weighted by atomic mass is 19.4. The lowest BCUT2D eigenvalue weighted by atomic mass is 9.65. The maximum absolute atomic E-state index is 14.1. The van der Waals surface area contributed by atoms with Crippen molar-refractivity contribution in [2.75, 3.05) is 19.6 Å². The summed E-state index contributed by atoms with van der Waals surface area (Å²) in [5.74, 6) is -3.24. The SMILES string of the molecule is C=CC(F)(F)C1(C(C)C)CCN(CCC(F)(F)F)CC1. The smallest absolute Gasteiger partial charge is 0.303 e. The molecule has 1 heterocycles. The van der Waals surface area contributed by atoms with Crippen LogP contribution in [0.4, 0.5) is 22.0 Å². The topological polar surface area (TPSA) is 3.24 Å². The first-order valence-corrected chi connectivity index (χ1v) is 6.84. The van der Waals surface area contributed by atoms with Gasteiger partial charge in [0, 0.05) is 12.0 Å². The number of hydrogen-bond donors (Lipinski definition) is 0. The quantitative estimate of drug-likeness (QED) is 0.534. The number of piperidine rings is 1. The van der Waals surface area contributed by atoms with Crippen molar-refractivity contribution in [2.24, 2.45) is 11.3 Å². The van der Waals surface area contributed by atoms with Crippen molar-refractivity contribution in [1.29, 1.82) is 0 Å². The van der Waals surface area contributed by atoms with Gasteiger partial charge in [-0.3, -0.25) is 0 Å². The van der Waals surface area contributed by atoms with Crippen LogP contribution in [0.25, 0.3) is 0 Å². The summed E-state index contributed by atoms with van der Waals surface area (Å²) in [5, 5.41) is 0. The summed E-state index contributed by atoms with van der Waals surface area (Å²) in [5.41, 5.74) is -1.19. The Morgan fingerprint density at radius 3 is 2.00 bits per heavy atom. The molecule has 0 aromatic heterocycles. The van der Waals surface area contributed by atoms with Crippen LogP contribution in [0, 0.1) is 11.3 Å². The molecule has 0 aliphatic carbocycles. The molecule has 118 valence electrons. The molecule has 1 saturated heterocycles. The zero-order valence-corrected chi connectivity index (χ0v) is 11.9. The summed E-state index contributed by atoms with van der Waals surface area (Å²) >= 11 is 0. The lowest BCUT2D eigenvalue weighted by molar-refractivity contribution is -0.151. The highest BCUT2D eigenvalue weighted by Gasteiger charge is 2.54. The first-order chi connectivity index (χ1) is 9.04. The third-order valence-electron chi connectivity index (χ3n) is 4.49. The van der Waals surface area contributed by atoms with E-state index in [9.17, 15) is 22.0 Å². The van der Waals surface area contributed by atoms with Crippen molar-refractivity contribution in [2.45, 2.75) is 45.2 Å². The molecule has 0 radical (unpaired) electrons. The highest BCUT2D eigenvalue weighted by molar-refractivity contribution is 5.06. The molecule has 0 aromatic carbocycles. The third kappa shape index (κ3) is 3.71. The van der Waals surface area contributed by atoms with Crippen LogP contribution in [-0.4, -0.2) is 36.6 Å². The summed E-state index contributed by atoms with van der Waals surface area (Å²) in [6.45, 7) is 7.13. The van der Waals surface area contributed by atoms with Crippen LogP contribution in [0.1, 0.15) is 33.1 Å². The molecule has 0 amide bonds. The molecule has 20 heavy (non-hydrogen) atoms. The molecule has 0 unspecified atom stereocenters. The molecular weight excluding hydrogens is 277 g/mol. The van der Waals surface area contributed by atoms with E-state index in [0.29, 0.717) is 6.08 Å². The van der Waals surface area contributed by atoms with Gasteiger partial charge in [-0.2, -0.15) is 13.2 Å². The number of likely N-dealkylation sites (tertiary alicyclic amines) is 1. The molecule has 1 rings (SSSR count). The molecule has 0 atom stereocenters. The van der Waals surface area contributed by atoms with E-state index in [1.165, 1.54) is 0 Å². The zero-order chi connectivity index (χ0) is 15.6. The third-order valence-corrected chi connectivity index (χ3v) is 4.49. The number of alkyl halides is 5. The van der Waals surface area contributed by atoms with Gasteiger partial charge >= 0.3 is 6.18 Å². The van der Waals surface area contributed by atoms with E-state index in [4.69, 9.17) is 0 Å². The van der Waals surface area contributed by atoms with Crippen molar-refractivity contribution in [3.05, 3.63) is 12.7 Å². The molecule has 0 N–H and O–H groups in total. The summed E-state index contributed by atoms with van der Waals surface area (Å²) < 4.78 is 64.8. The maximum atomic E-state index is 14.1. The fraction of sp³-hybridized carbons (Fsp3) is 0.857. The molecule has 0 spiro atoms. The first-order valence-electron chi connectivity index (χ1n) is 6.84. The molecule has 1 nitrogen and oxygen atoms in total. The van der Waals surface area contributed by atoms with E-state index in [1.54, 1.807) is 18.7 Å². The van der Waals surface area contributed by atoms with E-state index in [0.717, 1.165) is 0 Å². The minimum atomic E-state index is -4.20. The van der Waals surface area contributed by atoms with Crippen LogP contribution < -0.4 is 0 Å². The number of halogens is 5. The molecular formula is C14H22F5N. The summed E-state index contributed by atoms with van der Waals surface area (Å²) in [4.78, 5) is 1.62. The molecule has 0 saturated carbocycles. The number of allylic oxidation sites excluding steroid dienone is 1. The number of rotatable bonds is 5. The van der Waals surface area contributed by atoms with Crippen LogP contribution in [0.3, 0.4) is 0 Å². The van der Waals surface area contributed by atoms with Gasteiger partial charge in [0.15, 0.2) is 0 Å². The van der Waals surface area contributed by atoms with Crippen molar-refractivity contribution >= 4 is 0 Å². The normalized spacial score (nSPS) is 21.2. The van der Waals surface area contributed by atoms with Gasteiger partial charge < -0.3 is 4.90 Å². The summed E-state index contributed by atoms with van der Waals surface area (Å²) in [7, 11) is 0. The van der Waals surface area contributed by atoms with Crippen LogP contribution in [0.2, 0.25) is 0 Å². The highest BCUT2D eigenvalue weighted by Crippen LogP contribution is 2.51. The van der Waals surface area contributed by atoms with Gasteiger partial charge in [0.25, 0.3) is 5.92 Å². The zero-order valence-electron chi connectivity index (χ0n) is 11.9. The molecule has 0 aromatic rings. The van der Waals surface area contributed by atoms with E-state index < -0.39 is 23.9 Å². The molecule has 1 aliphatic heterocycles. The Hall–Kier alpha value is -0.650. The summed E-state index contributed by atoms with van der Waals surface area (Å²) in [6, 6.07) is 0. The Morgan fingerprint density at radius 1 is 1.15 bits per heavy atom. The fourth-order valence-electron chi connectivity index (χ4n) is 2.96. The van der Waals surface area contributed by atoms with Crippen LogP contribution in [-0.2, 0) is 0 Å². The minimum absolute atomic E-state index is 0.114. The van der Waals surface area contributed by atoms with Crippen LogP contribution in [0.5, 0.6) is 0 Å². The van der Waals surface area contributed by atoms with E-state index in [2.05, 4.69) is 6.58 Å². The summed E-state index contributed by atoms with van der Waals surface area (Å²) in [6.07, 6.45) is -4.02. The largest absolute Gasteiger partial charge is 0.390 e. The fourth-order valence-corrected chi connectivity index (χ4v) is 2.96. The monoisotopic (exact) mass is 299 g/mol. The Bertz CT molecular complexity index is 327. The lowest BCUT2D eigenvalue weighted by Gasteiger charge is -2.48. The van der Waals surface area contributed by atoms with Crippen molar-refractivity contribution in [3.8, 4) is 0 Å². The Labute approximate surface area is 116 Å². The van der Waals surface area contributed by atoms with Gasteiger partial charge in [-0.05, 0) is 37.9 Å². The van der Waals surface area contributed by atoms with Gasteiger partial charge in [0.1, 0.15) is 0 Å². The maximum Gasteiger partial charge on any atom is 0.390 e. The molecule has 1 aliphatic rings. The predicted molar refractivity (Wildman–Crippen MR) is 68.8 cm³/mol. The molecule has 6 heteroatoms. The van der Waals surface area contributed by atoms with Crippen LogP contribution >= 0.6 is 0 Å². The Kier molecular flexibility index (Phi) is 5.22. The minimum Gasteiger partial charge on any atom is -0.303 e. The number of hydrogen-bond acceptors (Lipinski definition) is 1. The Balaban J connectivity index is 2.68. The average molecular weight is 299 g/mol. The van der Waals surface area contributed by atoms with Gasteiger partial charge in [-0.1, -0.05) is 20.4 Å². The van der Waals surface area contributed by atoms with E-state index in [1.807, 2.05) is 0 Å². The van der Waals surface area contributed by atoms with Crippen LogP contribution in [0.15, 0.2) is 12.7 Å². The standard InChI is InChI=1S/C14H22F5N/c1-4-13(15,16)12(11(2)3)5-8-20(9-6-12)10-7-14(17,18)19/h4,11H,1,5-10H2,2-3H3. The first kappa shape index (κ1) is 17.4. The van der Waals surface area contributed by atoms with Gasteiger partial charge in [0.2, 0.25) is 0 Å². The molecule has 1 fully saturated rings. The van der Waals surface area contributed by atoms with Gasteiger partial charge in [-0.15, -0.1) is 0 Å².